The minimum atomic E-state index is 0.0546. The molecule has 0 amide bonds. The fourth-order valence-corrected chi connectivity index (χ4v) is 3.01. The lowest BCUT2D eigenvalue weighted by Crippen LogP contribution is -2.16. The maximum atomic E-state index is 4.85. The minimum absolute atomic E-state index is 0.0546. The predicted octanol–water partition coefficient (Wildman–Crippen LogP) is 5.88. The van der Waals surface area contributed by atoms with Gasteiger partial charge in [-0.1, -0.05) is 43.6 Å². The molecular weight excluding hydrogens is 380 g/mol. The van der Waals surface area contributed by atoms with E-state index in [2.05, 4.69) is 77.0 Å². The van der Waals surface area contributed by atoms with Crippen LogP contribution >= 0.6 is 31.9 Å². The Balaban J connectivity index is 2.71. The van der Waals surface area contributed by atoms with E-state index in [9.17, 15) is 0 Å². The summed E-state index contributed by atoms with van der Waals surface area (Å²) < 4.78 is 2.10. The topological polar surface area (TPSA) is 24.9 Å². The van der Waals surface area contributed by atoms with Crippen molar-refractivity contribution in [3.05, 3.63) is 32.7 Å². The number of halogens is 2. The molecule has 0 fully saturated rings. The van der Waals surface area contributed by atoms with E-state index in [-0.39, 0.29) is 5.41 Å². The standard InChI is InChI=1S/C16H20Br2N2/c1-5-8-19-15-11(16(2,3)4)9-10-12(17)6-7-13(18)14(10)20-15/h6-7,9H,5,8H2,1-4H3,(H,19,20). The summed E-state index contributed by atoms with van der Waals surface area (Å²) in [4.78, 5) is 4.85. The van der Waals surface area contributed by atoms with Crippen molar-refractivity contribution < 1.29 is 0 Å². The number of benzene rings is 1. The first-order valence-electron chi connectivity index (χ1n) is 6.87. The average molecular weight is 400 g/mol. The minimum Gasteiger partial charge on any atom is -0.370 e. The number of rotatable bonds is 3. The molecule has 0 aliphatic rings. The van der Waals surface area contributed by atoms with Crippen molar-refractivity contribution in [1.82, 2.24) is 4.98 Å². The second kappa shape index (κ2) is 6.02. The summed E-state index contributed by atoms with van der Waals surface area (Å²) in [5, 5.41) is 4.61. The third kappa shape index (κ3) is 3.17. The van der Waals surface area contributed by atoms with Gasteiger partial charge >= 0.3 is 0 Å². The van der Waals surface area contributed by atoms with E-state index in [1.165, 1.54) is 5.56 Å². The Labute approximate surface area is 137 Å². The summed E-state index contributed by atoms with van der Waals surface area (Å²) in [6.45, 7) is 9.76. The highest BCUT2D eigenvalue weighted by Gasteiger charge is 2.21. The smallest absolute Gasteiger partial charge is 0.130 e. The van der Waals surface area contributed by atoms with Crippen molar-refractivity contribution in [1.29, 1.82) is 0 Å². The van der Waals surface area contributed by atoms with Crippen LogP contribution < -0.4 is 5.32 Å². The molecule has 4 heteroatoms. The SMILES string of the molecule is CCCNc1nc2c(Br)ccc(Br)c2cc1C(C)(C)C. The number of nitrogens with one attached hydrogen (secondary N) is 1. The zero-order valence-electron chi connectivity index (χ0n) is 12.3. The molecule has 2 aromatic rings. The van der Waals surface area contributed by atoms with E-state index < -0.39 is 0 Å². The summed E-state index contributed by atoms with van der Waals surface area (Å²) in [5.41, 5.74) is 2.29. The number of nitrogens with zero attached hydrogens (tertiary/aromatic N) is 1. The van der Waals surface area contributed by atoms with Crippen molar-refractivity contribution in [2.24, 2.45) is 0 Å². The zero-order valence-corrected chi connectivity index (χ0v) is 15.5. The van der Waals surface area contributed by atoms with Gasteiger partial charge in [0.05, 0.1) is 5.52 Å². The molecule has 20 heavy (non-hydrogen) atoms. The second-order valence-corrected chi connectivity index (χ2v) is 7.70. The highest BCUT2D eigenvalue weighted by molar-refractivity contribution is 9.11. The van der Waals surface area contributed by atoms with E-state index in [0.717, 1.165) is 38.6 Å². The third-order valence-corrected chi connectivity index (χ3v) is 4.56. The van der Waals surface area contributed by atoms with Crippen molar-refractivity contribution in [2.75, 3.05) is 11.9 Å². The molecule has 0 atom stereocenters. The van der Waals surface area contributed by atoms with E-state index >= 15 is 0 Å². The molecule has 0 aliphatic carbocycles. The fraction of sp³-hybridized carbons (Fsp3) is 0.438. The molecule has 2 rings (SSSR count). The fourth-order valence-electron chi connectivity index (χ4n) is 2.14. The molecule has 1 N–H and O–H groups in total. The van der Waals surface area contributed by atoms with E-state index in [4.69, 9.17) is 4.98 Å². The lowest BCUT2D eigenvalue weighted by Gasteiger charge is -2.24. The monoisotopic (exact) mass is 398 g/mol. The van der Waals surface area contributed by atoms with Crippen LogP contribution in [0.5, 0.6) is 0 Å². The van der Waals surface area contributed by atoms with Crippen LogP contribution in [0.4, 0.5) is 5.82 Å². The number of fused-ring (bicyclic) bond motifs is 1. The van der Waals surface area contributed by atoms with Crippen LogP contribution in [0, 0.1) is 0 Å². The van der Waals surface area contributed by atoms with Gasteiger partial charge in [0.15, 0.2) is 0 Å². The van der Waals surface area contributed by atoms with Gasteiger partial charge in [-0.2, -0.15) is 0 Å². The molecule has 0 spiro atoms. The number of pyridine rings is 1. The van der Waals surface area contributed by atoms with Crippen LogP contribution in [0.1, 0.15) is 39.7 Å². The molecule has 1 heterocycles. The molecule has 0 bridgehead atoms. The first-order chi connectivity index (χ1) is 9.34. The maximum absolute atomic E-state index is 4.85. The number of anilines is 1. The Morgan fingerprint density at radius 3 is 2.40 bits per heavy atom. The average Bonchev–Trinajstić information content (AvgIpc) is 2.39. The van der Waals surface area contributed by atoms with Gasteiger partial charge in [0, 0.05) is 26.4 Å². The predicted molar refractivity (Wildman–Crippen MR) is 94.6 cm³/mol. The summed E-state index contributed by atoms with van der Waals surface area (Å²) >= 11 is 7.23. The van der Waals surface area contributed by atoms with Gasteiger partial charge in [-0.05, 0) is 46.0 Å². The van der Waals surface area contributed by atoms with Crippen LogP contribution in [0.15, 0.2) is 27.1 Å². The van der Waals surface area contributed by atoms with Gasteiger partial charge in [0.25, 0.3) is 0 Å². The molecule has 1 aromatic carbocycles. The number of hydrogen-bond acceptors (Lipinski definition) is 2. The quantitative estimate of drug-likeness (QED) is 0.696. The largest absolute Gasteiger partial charge is 0.370 e. The van der Waals surface area contributed by atoms with Crippen LogP contribution in [0.3, 0.4) is 0 Å². The summed E-state index contributed by atoms with van der Waals surface area (Å²) in [7, 11) is 0. The van der Waals surface area contributed by atoms with Gasteiger partial charge in [-0.25, -0.2) is 4.98 Å². The Kier molecular flexibility index (Phi) is 4.75. The Morgan fingerprint density at radius 1 is 1.15 bits per heavy atom. The van der Waals surface area contributed by atoms with Crippen LogP contribution in [0.25, 0.3) is 10.9 Å². The highest BCUT2D eigenvalue weighted by Crippen LogP contribution is 2.36. The lowest BCUT2D eigenvalue weighted by molar-refractivity contribution is 0.590. The summed E-state index contributed by atoms with van der Waals surface area (Å²) in [6, 6.07) is 6.33. The first-order valence-corrected chi connectivity index (χ1v) is 8.46. The second-order valence-electron chi connectivity index (χ2n) is 5.99. The van der Waals surface area contributed by atoms with Crippen LogP contribution in [-0.4, -0.2) is 11.5 Å². The van der Waals surface area contributed by atoms with Gasteiger partial charge in [-0.3, -0.25) is 0 Å². The molecular formula is C16H20Br2N2. The number of aromatic nitrogens is 1. The zero-order chi connectivity index (χ0) is 14.9. The first kappa shape index (κ1) is 15.8. The lowest BCUT2D eigenvalue weighted by atomic mass is 9.86. The Hall–Kier alpha value is -0.610. The highest BCUT2D eigenvalue weighted by atomic mass is 79.9. The summed E-state index contributed by atoms with van der Waals surface area (Å²) in [5.74, 6) is 0.991. The van der Waals surface area contributed by atoms with E-state index in [1.54, 1.807) is 0 Å². The third-order valence-electron chi connectivity index (χ3n) is 3.23. The van der Waals surface area contributed by atoms with Gasteiger partial charge in [0.2, 0.25) is 0 Å². The maximum Gasteiger partial charge on any atom is 0.130 e. The molecule has 108 valence electrons. The molecule has 0 saturated heterocycles. The van der Waals surface area contributed by atoms with Crippen molar-refractivity contribution in [2.45, 2.75) is 39.5 Å². The normalized spacial score (nSPS) is 11.9. The van der Waals surface area contributed by atoms with E-state index in [1.807, 2.05) is 6.07 Å². The van der Waals surface area contributed by atoms with Crippen molar-refractivity contribution in [3.63, 3.8) is 0 Å². The van der Waals surface area contributed by atoms with Crippen molar-refractivity contribution in [3.8, 4) is 0 Å². The molecule has 1 aromatic heterocycles. The number of hydrogen-bond donors (Lipinski definition) is 1. The van der Waals surface area contributed by atoms with Crippen LogP contribution in [-0.2, 0) is 5.41 Å². The van der Waals surface area contributed by atoms with Crippen LogP contribution in [0.2, 0.25) is 0 Å². The molecule has 0 unspecified atom stereocenters. The van der Waals surface area contributed by atoms with E-state index in [0.29, 0.717) is 0 Å². The Morgan fingerprint density at radius 2 is 1.80 bits per heavy atom. The molecule has 0 saturated carbocycles. The van der Waals surface area contributed by atoms with Gasteiger partial charge in [-0.15, -0.1) is 0 Å². The molecule has 0 aliphatic heterocycles. The van der Waals surface area contributed by atoms with Gasteiger partial charge < -0.3 is 5.32 Å². The van der Waals surface area contributed by atoms with Gasteiger partial charge in [0.1, 0.15) is 5.82 Å². The molecule has 2 nitrogen and oxygen atoms in total. The van der Waals surface area contributed by atoms with Crippen molar-refractivity contribution >= 4 is 48.6 Å². The molecule has 0 radical (unpaired) electrons. The summed E-state index contributed by atoms with van der Waals surface area (Å²) in [6.07, 6.45) is 1.09. The Bertz CT molecular complexity index is 630.